The van der Waals surface area contributed by atoms with Crippen LogP contribution in [0, 0.1) is 12.8 Å². The molecule has 1 fully saturated rings. The molecule has 0 atom stereocenters. The Kier molecular flexibility index (Phi) is 7.17. The molecule has 0 radical (unpaired) electrons. The standard InChI is InChI=1S/C29H34N4O4/c1-19-5-7-22(8-6-19)37-27-25-18-33(28(34)21-15-23(35-3)17-24(16-21)36-4)14-11-26(25)30-29(31-27)32-12-9-20(2)10-13-32/h5-8,15-17,20H,9-14,18H2,1-4H3. The molecule has 37 heavy (non-hydrogen) atoms. The number of rotatable bonds is 6. The number of aromatic nitrogens is 2. The molecule has 3 aromatic rings. The summed E-state index contributed by atoms with van der Waals surface area (Å²) in [4.78, 5) is 27.4. The summed E-state index contributed by atoms with van der Waals surface area (Å²) in [6.07, 6.45) is 2.88. The van der Waals surface area contributed by atoms with Crippen molar-refractivity contribution in [3.05, 3.63) is 64.8 Å². The lowest BCUT2D eigenvalue weighted by molar-refractivity contribution is 0.0731. The van der Waals surface area contributed by atoms with Gasteiger partial charge in [-0.05, 0) is 49.9 Å². The van der Waals surface area contributed by atoms with Crippen LogP contribution in [0.2, 0.25) is 0 Å². The number of anilines is 1. The molecule has 2 aliphatic rings. The summed E-state index contributed by atoms with van der Waals surface area (Å²) < 4.78 is 17.1. The SMILES string of the molecule is COc1cc(OC)cc(C(=O)N2CCc3nc(N4CCC(C)CC4)nc(Oc4ccc(C)cc4)c3C2)c1. The van der Waals surface area contributed by atoms with Crippen molar-refractivity contribution >= 4 is 11.9 Å². The number of hydrogen-bond donors (Lipinski definition) is 0. The normalized spacial score (nSPS) is 15.8. The van der Waals surface area contributed by atoms with E-state index in [2.05, 4.69) is 11.8 Å². The third-order valence-electron chi connectivity index (χ3n) is 7.20. The predicted molar refractivity (Wildman–Crippen MR) is 142 cm³/mol. The lowest BCUT2D eigenvalue weighted by Crippen LogP contribution is -2.38. The van der Waals surface area contributed by atoms with E-state index in [0.717, 1.165) is 42.8 Å². The fraction of sp³-hybridized carbons (Fsp3) is 0.414. The molecule has 1 aromatic heterocycles. The summed E-state index contributed by atoms with van der Waals surface area (Å²) in [5.74, 6) is 3.71. The Bertz CT molecular complexity index is 1250. The molecule has 0 aliphatic carbocycles. The maximum absolute atomic E-state index is 13.5. The average Bonchev–Trinajstić information content (AvgIpc) is 2.93. The first kappa shape index (κ1) is 24.9. The van der Waals surface area contributed by atoms with E-state index in [4.69, 9.17) is 24.2 Å². The molecule has 0 unspecified atom stereocenters. The van der Waals surface area contributed by atoms with Crippen LogP contribution in [-0.4, -0.2) is 54.6 Å². The Morgan fingerprint density at radius 1 is 0.919 bits per heavy atom. The van der Waals surface area contributed by atoms with E-state index in [9.17, 15) is 4.79 Å². The van der Waals surface area contributed by atoms with E-state index in [0.29, 0.717) is 60.1 Å². The number of fused-ring (bicyclic) bond motifs is 1. The van der Waals surface area contributed by atoms with E-state index in [-0.39, 0.29) is 5.91 Å². The summed E-state index contributed by atoms with van der Waals surface area (Å²) in [6.45, 7) is 7.14. The second-order valence-electron chi connectivity index (χ2n) is 9.92. The highest BCUT2D eigenvalue weighted by atomic mass is 16.5. The molecular formula is C29H34N4O4. The van der Waals surface area contributed by atoms with Gasteiger partial charge in [0.15, 0.2) is 0 Å². The van der Waals surface area contributed by atoms with E-state index in [1.165, 1.54) is 0 Å². The number of carbonyl (C=O) groups is 1. The zero-order valence-electron chi connectivity index (χ0n) is 22.0. The second-order valence-corrected chi connectivity index (χ2v) is 9.92. The molecule has 3 heterocycles. The van der Waals surface area contributed by atoms with E-state index >= 15 is 0 Å². The topological polar surface area (TPSA) is 77.0 Å². The zero-order valence-corrected chi connectivity index (χ0v) is 22.0. The first-order valence-electron chi connectivity index (χ1n) is 12.8. The number of aryl methyl sites for hydroxylation is 1. The Labute approximate surface area is 218 Å². The van der Waals surface area contributed by atoms with Crippen molar-refractivity contribution in [3.8, 4) is 23.1 Å². The molecular weight excluding hydrogens is 468 g/mol. The number of ether oxygens (including phenoxy) is 3. The minimum atomic E-state index is -0.0989. The lowest BCUT2D eigenvalue weighted by atomic mass is 9.99. The van der Waals surface area contributed by atoms with Gasteiger partial charge in [0.05, 0.1) is 32.0 Å². The highest BCUT2D eigenvalue weighted by Gasteiger charge is 2.29. The third kappa shape index (κ3) is 5.48. The van der Waals surface area contributed by atoms with Crippen molar-refractivity contribution < 1.29 is 19.0 Å². The van der Waals surface area contributed by atoms with Crippen LogP contribution < -0.4 is 19.1 Å². The summed E-state index contributed by atoms with van der Waals surface area (Å²) in [5, 5.41) is 0. The van der Waals surface area contributed by atoms with Gasteiger partial charge in [0.1, 0.15) is 17.2 Å². The second kappa shape index (κ2) is 10.7. The van der Waals surface area contributed by atoms with Gasteiger partial charge in [0, 0.05) is 37.7 Å². The monoisotopic (exact) mass is 502 g/mol. The van der Waals surface area contributed by atoms with Crippen LogP contribution in [-0.2, 0) is 13.0 Å². The van der Waals surface area contributed by atoms with Gasteiger partial charge in [-0.1, -0.05) is 24.6 Å². The highest BCUT2D eigenvalue weighted by molar-refractivity contribution is 5.95. The van der Waals surface area contributed by atoms with Crippen molar-refractivity contribution in [1.29, 1.82) is 0 Å². The van der Waals surface area contributed by atoms with Gasteiger partial charge in [-0.15, -0.1) is 0 Å². The number of piperidine rings is 1. The maximum Gasteiger partial charge on any atom is 0.254 e. The molecule has 0 N–H and O–H groups in total. The minimum absolute atomic E-state index is 0.0989. The van der Waals surface area contributed by atoms with Gasteiger partial charge in [-0.25, -0.2) is 4.98 Å². The Hall–Kier alpha value is -3.81. The molecule has 8 heteroatoms. The molecule has 1 saturated heterocycles. The molecule has 1 amide bonds. The summed E-state index contributed by atoms with van der Waals surface area (Å²) >= 11 is 0. The van der Waals surface area contributed by atoms with Gasteiger partial charge in [0.2, 0.25) is 11.8 Å². The van der Waals surface area contributed by atoms with Crippen LogP contribution in [0.15, 0.2) is 42.5 Å². The number of carbonyl (C=O) groups excluding carboxylic acids is 1. The van der Waals surface area contributed by atoms with Crippen molar-refractivity contribution in [2.45, 2.75) is 39.7 Å². The van der Waals surface area contributed by atoms with Crippen molar-refractivity contribution in [1.82, 2.24) is 14.9 Å². The summed E-state index contributed by atoms with van der Waals surface area (Å²) in [7, 11) is 3.15. The molecule has 0 saturated carbocycles. The first-order valence-corrected chi connectivity index (χ1v) is 12.8. The van der Waals surface area contributed by atoms with Crippen LogP contribution in [0.1, 0.15) is 46.9 Å². The average molecular weight is 503 g/mol. The van der Waals surface area contributed by atoms with Crippen LogP contribution in [0.3, 0.4) is 0 Å². The van der Waals surface area contributed by atoms with Gasteiger partial charge >= 0.3 is 0 Å². The van der Waals surface area contributed by atoms with Crippen LogP contribution >= 0.6 is 0 Å². The van der Waals surface area contributed by atoms with Crippen molar-refractivity contribution in [2.24, 2.45) is 5.92 Å². The quantitative estimate of drug-likeness (QED) is 0.468. The number of methoxy groups -OCH3 is 2. The van der Waals surface area contributed by atoms with Crippen LogP contribution in [0.4, 0.5) is 5.95 Å². The number of benzene rings is 2. The van der Waals surface area contributed by atoms with E-state index < -0.39 is 0 Å². The predicted octanol–water partition coefficient (Wildman–Crippen LogP) is 5.03. The Balaban J connectivity index is 1.47. The fourth-order valence-electron chi connectivity index (χ4n) is 4.81. The third-order valence-corrected chi connectivity index (χ3v) is 7.20. The number of hydrogen-bond acceptors (Lipinski definition) is 7. The molecule has 8 nitrogen and oxygen atoms in total. The molecule has 0 bridgehead atoms. The fourth-order valence-corrected chi connectivity index (χ4v) is 4.81. The van der Waals surface area contributed by atoms with Crippen molar-refractivity contribution in [3.63, 3.8) is 0 Å². The number of nitrogens with zero attached hydrogens (tertiary/aromatic N) is 4. The van der Waals surface area contributed by atoms with Gasteiger partial charge in [-0.3, -0.25) is 4.79 Å². The largest absolute Gasteiger partial charge is 0.497 e. The molecule has 0 spiro atoms. The molecule has 2 aliphatic heterocycles. The summed E-state index contributed by atoms with van der Waals surface area (Å²) in [6, 6.07) is 13.2. The van der Waals surface area contributed by atoms with Gasteiger partial charge in [-0.2, -0.15) is 4.98 Å². The summed E-state index contributed by atoms with van der Waals surface area (Å²) in [5.41, 5.74) is 3.47. The highest BCUT2D eigenvalue weighted by Crippen LogP contribution is 2.33. The van der Waals surface area contributed by atoms with E-state index in [1.807, 2.05) is 36.1 Å². The number of amides is 1. The van der Waals surface area contributed by atoms with Gasteiger partial charge in [0.25, 0.3) is 5.91 Å². The zero-order chi connectivity index (χ0) is 25.9. The Morgan fingerprint density at radius 3 is 2.24 bits per heavy atom. The van der Waals surface area contributed by atoms with Crippen LogP contribution in [0.5, 0.6) is 23.1 Å². The molecule has 194 valence electrons. The smallest absolute Gasteiger partial charge is 0.254 e. The first-order chi connectivity index (χ1) is 17.9. The lowest BCUT2D eigenvalue weighted by Gasteiger charge is -2.33. The molecule has 5 rings (SSSR count). The van der Waals surface area contributed by atoms with Gasteiger partial charge < -0.3 is 24.0 Å². The van der Waals surface area contributed by atoms with Crippen LogP contribution in [0.25, 0.3) is 0 Å². The maximum atomic E-state index is 13.5. The van der Waals surface area contributed by atoms with Crippen molar-refractivity contribution in [2.75, 3.05) is 38.8 Å². The van der Waals surface area contributed by atoms with E-state index in [1.54, 1.807) is 32.4 Å². The Morgan fingerprint density at radius 2 is 1.59 bits per heavy atom. The minimum Gasteiger partial charge on any atom is -0.497 e. The molecule has 2 aromatic carbocycles.